The molecule has 0 atom stereocenters. The number of benzene rings is 3. The van der Waals surface area contributed by atoms with Crippen LogP contribution in [0.15, 0.2) is 77.6 Å². The molecule has 1 aromatic heterocycles. The number of nitrogens with one attached hydrogen (secondary N) is 1. The summed E-state index contributed by atoms with van der Waals surface area (Å²) in [4.78, 5) is 26.4. The molecule has 3 aromatic carbocycles. The van der Waals surface area contributed by atoms with Gasteiger partial charge >= 0.3 is 0 Å². The predicted octanol–water partition coefficient (Wildman–Crippen LogP) is 5.78. The summed E-state index contributed by atoms with van der Waals surface area (Å²) in [6.07, 6.45) is 0. The van der Waals surface area contributed by atoms with Crippen LogP contribution in [0.1, 0.15) is 16.1 Å². The first-order valence-electron chi connectivity index (χ1n) is 9.99. The molecule has 0 saturated heterocycles. The molecule has 0 saturated carbocycles. The minimum absolute atomic E-state index is 0.182. The van der Waals surface area contributed by atoms with Crippen LogP contribution in [-0.2, 0) is 0 Å². The Morgan fingerprint density at radius 3 is 2.39 bits per heavy atom. The van der Waals surface area contributed by atoms with Crippen molar-refractivity contribution in [3.8, 4) is 22.6 Å². The minimum atomic E-state index is -0.424. The maximum atomic E-state index is 13.3. The zero-order chi connectivity index (χ0) is 23.5. The third kappa shape index (κ3) is 4.62. The first-order valence-corrected chi connectivity index (χ1v) is 10.7. The van der Waals surface area contributed by atoms with Gasteiger partial charge in [0.25, 0.3) is 5.91 Å². The largest absolute Gasteiger partial charge is 0.497 e. The van der Waals surface area contributed by atoms with E-state index in [0.717, 1.165) is 0 Å². The molecule has 166 valence electrons. The first-order chi connectivity index (χ1) is 15.9. The van der Waals surface area contributed by atoms with Crippen LogP contribution in [0.5, 0.6) is 5.75 Å². The van der Waals surface area contributed by atoms with Crippen LogP contribution in [0.4, 0.5) is 5.82 Å². The summed E-state index contributed by atoms with van der Waals surface area (Å²) < 4.78 is 6.65. The number of aromatic nitrogens is 2. The molecule has 0 radical (unpaired) electrons. The van der Waals surface area contributed by atoms with E-state index in [2.05, 4.69) is 10.4 Å². The number of anilines is 1. The van der Waals surface area contributed by atoms with Gasteiger partial charge in [0.05, 0.1) is 18.4 Å². The predicted molar refractivity (Wildman–Crippen MR) is 131 cm³/mol. The summed E-state index contributed by atoms with van der Waals surface area (Å²) in [5.74, 6) is 0.379. The van der Waals surface area contributed by atoms with Gasteiger partial charge in [-0.05, 0) is 55.5 Å². The molecule has 0 bridgehead atoms. The van der Waals surface area contributed by atoms with Gasteiger partial charge in [-0.1, -0.05) is 47.5 Å². The molecule has 0 fully saturated rings. The normalized spacial score (nSPS) is 10.7. The zero-order valence-corrected chi connectivity index (χ0v) is 19.3. The Hall–Kier alpha value is -3.61. The SMILES string of the molecule is COc1ccc(C(=O)Nc2c(-c3ccccc3Cl)c(=O)c(C)nn2-c2cccc(Cl)c2)cc1. The first kappa shape index (κ1) is 22.6. The van der Waals surface area contributed by atoms with Crippen LogP contribution >= 0.6 is 23.2 Å². The van der Waals surface area contributed by atoms with Gasteiger partial charge in [-0.3, -0.25) is 9.59 Å². The Kier molecular flexibility index (Phi) is 6.49. The molecule has 33 heavy (non-hydrogen) atoms. The van der Waals surface area contributed by atoms with Crippen molar-refractivity contribution in [2.75, 3.05) is 12.4 Å². The third-order valence-electron chi connectivity index (χ3n) is 5.03. The standard InChI is InChI=1S/C25H19Cl2N3O3/c1-15-23(31)22(20-8-3-4-9-21(20)27)24(30(29-15)18-7-5-6-17(26)14-18)28-25(32)16-10-12-19(33-2)13-11-16/h3-14H,1-2H3,(H,28,32). The van der Waals surface area contributed by atoms with Gasteiger partial charge in [-0.2, -0.15) is 5.10 Å². The Morgan fingerprint density at radius 2 is 1.73 bits per heavy atom. The Labute approximate surface area is 200 Å². The molecule has 1 heterocycles. The van der Waals surface area contributed by atoms with E-state index < -0.39 is 5.91 Å². The van der Waals surface area contributed by atoms with E-state index in [-0.39, 0.29) is 22.5 Å². The van der Waals surface area contributed by atoms with Gasteiger partial charge < -0.3 is 10.1 Å². The van der Waals surface area contributed by atoms with Crippen molar-refractivity contribution in [1.29, 1.82) is 0 Å². The van der Waals surface area contributed by atoms with E-state index in [0.29, 0.717) is 32.6 Å². The molecule has 0 spiro atoms. The van der Waals surface area contributed by atoms with Crippen LogP contribution in [-0.4, -0.2) is 22.8 Å². The lowest BCUT2D eigenvalue weighted by Gasteiger charge is -2.19. The second kappa shape index (κ2) is 9.48. The highest BCUT2D eigenvalue weighted by Gasteiger charge is 2.22. The number of halogens is 2. The van der Waals surface area contributed by atoms with Gasteiger partial charge in [0, 0.05) is 21.2 Å². The van der Waals surface area contributed by atoms with Crippen molar-refractivity contribution in [1.82, 2.24) is 9.78 Å². The quantitative estimate of drug-likeness (QED) is 0.393. The maximum Gasteiger partial charge on any atom is 0.256 e. The highest BCUT2D eigenvalue weighted by molar-refractivity contribution is 6.33. The molecule has 0 aliphatic heterocycles. The zero-order valence-electron chi connectivity index (χ0n) is 17.8. The van der Waals surface area contributed by atoms with Gasteiger partial charge in [-0.15, -0.1) is 0 Å². The van der Waals surface area contributed by atoms with Crippen LogP contribution in [0.2, 0.25) is 10.0 Å². The number of hydrogen-bond donors (Lipinski definition) is 1. The minimum Gasteiger partial charge on any atom is -0.497 e. The molecular weight excluding hydrogens is 461 g/mol. The third-order valence-corrected chi connectivity index (χ3v) is 5.60. The highest BCUT2D eigenvalue weighted by Crippen LogP contribution is 2.32. The molecular formula is C25H19Cl2N3O3. The van der Waals surface area contributed by atoms with E-state index in [1.807, 2.05) is 0 Å². The lowest BCUT2D eigenvalue weighted by atomic mass is 10.0. The van der Waals surface area contributed by atoms with Crippen LogP contribution in [0.25, 0.3) is 16.8 Å². The van der Waals surface area contributed by atoms with Crippen molar-refractivity contribution in [3.05, 3.63) is 104 Å². The van der Waals surface area contributed by atoms with E-state index >= 15 is 0 Å². The summed E-state index contributed by atoms with van der Waals surface area (Å²) >= 11 is 12.7. The van der Waals surface area contributed by atoms with Crippen LogP contribution in [0.3, 0.4) is 0 Å². The number of amides is 1. The monoisotopic (exact) mass is 479 g/mol. The number of nitrogens with zero attached hydrogens (tertiary/aromatic N) is 2. The van der Waals surface area contributed by atoms with Gasteiger partial charge in [0.15, 0.2) is 0 Å². The lowest BCUT2D eigenvalue weighted by Crippen LogP contribution is -2.25. The van der Waals surface area contributed by atoms with Crippen LogP contribution in [0, 0.1) is 6.92 Å². The summed E-state index contributed by atoms with van der Waals surface area (Å²) in [5, 5.41) is 8.16. The van der Waals surface area contributed by atoms with Crippen molar-refractivity contribution in [2.45, 2.75) is 6.92 Å². The van der Waals surface area contributed by atoms with Gasteiger partial charge in [0.2, 0.25) is 5.43 Å². The molecule has 0 unspecified atom stereocenters. The fraction of sp³-hybridized carbons (Fsp3) is 0.0800. The van der Waals surface area contributed by atoms with Crippen molar-refractivity contribution in [3.63, 3.8) is 0 Å². The van der Waals surface area contributed by atoms with Gasteiger partial charge in [-0.25, -0.2) is 4.68 Å². The summed E-state index contributed by atoms with van der Waals surface area (Å²) in [7, 11) is 1.55. The van der Waals surface area contributed by atoms with E-state index in [9.17, 15) is 9.59 Å². The topological polar surface area (TPSA) is 73.2 Å². The Balaban J connectivity index is 1.95. The molecule has 1 amide bonds. The fourth-order valence-corrected chi connectivity index (χ4v) is 3.80. The average molecular weight is 480 g/mol. The molecule has 4 aromatic rings. The Morgan fingerprint density at radius 1 is 1.00 bits per heavy atom. The summed E-state index contributed by atoms with van der Waals surface area (Å²) in [5.41, 5.74) is 1.57. The number of rotatable bonds is 5. The lowest BCUT2D eigenvalue weighted by molar-refractivity contribution is 0.102. The Bertz CT molecular complexity index is 1400. The molecule has 4 rings (SSSR count). The van der Waals surface area contributed by atoms with Gasteiger partial charge in [0.1, 0.15) is 17.3 Å². The number of carbonyl (C=O) groups is 1. The maximum absolute atomic E-state index is 13.3. The van der Waals surface area contributed by atoms with Crippen molar-refractivity contribution < 1.29 is 9.53 Å². The molecule has 0 aliphatic rings. The number of methoxy groups -OCH3 is 1. The van der Waals surface area contributed by atoms with E-state index in [1.54, 1.807) is 86.8 Å². The number of aryl methyl sites for hydroxylation is 1. The average Bonchev–Trinajstić information content (AvgIpc) is 2.82. The molecule has 8 heteroatoms. The number of hydrogen-bond acceptors (Lipinski definition) is 4. The summed E-state index contributed by atoms with van der Waals surface area (Å²) in [6, 6.07) is 20.5. The second-order valence-corrected chi connectivity index (χ2v) is 8.04. The van der Waals surface area contributed by atoms with Crippen LogP contribution < -0.4 is 15.5 Å². The fourth-order valence-electron chi connectivity index (χ4n) is 3.39. The molecule has 1 N–H and O–H groups in total. The summed E-state index contributed by atoms with van der Waals surface area (Å²) in [6.45, 7) is 1.61. The molecule has 0 aliphatic carbocycles. The smallest absolute Gasteiger partial charge is 0.256 e. The van der Waals surface area contributed by atoms with Crippen molar-refractivity contribution >= 4 is 34.9 Å². The van der Waals surface area contributed by atoms with E-state index in [1.165, 1.54) is 4.68 Å². The second-order valence-electron chi connectivity index (χ2n) is 7.19. The number of carbonyl (C=O) groups excluding carboxylic acids is 1. The highest BCUT2D eigenvalue weighted by atomic mass is 35.5. The van der Waals surface area contributed by atoms with E-state index in [4.69, 9.17) is 27.9 Å². The van der Waals surface area contributed by atoms with Crippen molar-refractivity contribution in [2.24, 2.45) is 0 Å². The molecule has 6 nitrogen and oxygen atoms in total. The number of ether oxygens (including phenoxy) is 1.